The first-order chi connectivity index (χ1) is 18.4. The van der Waals surface area contributed by atoms with E-state index in [9.17, 15) is 14.0 Å². The summed E-state index contributed by atoms with van der Waals surface area (Å²) in [5.74, 6) is -0.617. The number of amides is 2. The monoisotopic (exact) mass is 522 g/mol. The van der Waals surface area contributed by atoms with Gasteiger partial charge in [-0.3, -0.25) is 9.59 Å². The van der Waals surface area contributed by atoms with Crippen LogP contribution in [0.5, 0.6) is 0 Å². The minimum Gasteiger partial charge on any atom is -0.382 e. The number of halogens is 1. The number of hydrogen-bond acceptors (Lipinski definition) is 6. The molecule has 1 saturated carbocycles. The summed E-state index contributed by atoms with van der Waals surface area (Å²) in [5.41, 5.74) is 2.45. The van der Waals surface area contributed by atoms with Gasteiger partial charge in [0.25, 0.3) is 0 Å². The SMILES string of the molecule is CCOCCCN(C(=O)Cn1nnc(-c2ccc(C)cc2)n1)[C@@H](C(=O)NC1CCCC1)c1ccc(F)cc1. The lowest BCUT2D eigenvalue weighted by Crippen LogP contribution is -2.47. The first-order valence-electron chi connectivity index (χ1n) is 13.2. The highest BCUT2D eigenvalue weighted by Gasteiger charge is 2.33. The molecule has 10 heteroatoms. The molecule has 1 heterocycles. The average molecular weight is 523 g/mol. The van der Waals surface area contributed by atoms with Gasteiger partial charge in [-0.1, -0.05) is 54.8 Å². The fourth-order valence-electron chi connectivity index (χ4n) is 4.69. The zero-order valence-electron chi connectivity index (χ0n) is 22.0. The third-order valence-corrected chi connectivity index (χ3v) is 6.70. The van der Waals surface area contributed by atoms with Crippen LogP contribution in [-0.4, -0.2) is 62.7 Å². The molecule has 0 saturated heterocycles. The number of carbonyl (C=O) groups excluding carboxylic acids is 2. The number of carbonyl (C=O) groups is 2. The standard InChI is InChI=1S/C28H35FN6O3/c1-3-38-18-6-17-34(25(36)19-35-32-27(31-33-35)22-11-9-20(2)10-12-22)26(21-13-15-23(29)16-14-21)28(37)30-24-7-4-5-8-24/h9-16,24,26H,3-8,17-19H2,1-2H3,(H,30,37)/t26-/m1/s1. The summed E-state index contributed by atoms with van der Waals surface area (Å²) in [4.78, 5) is 30.1. The predicted octanol–water partition coefficient (Wildman–Crippen LogP) is 3.84. The Labute approximate surface area is 222 Å². The molecular formula is C28H35FN6O3. The Morgan fingerprint density at radius 3 is 2.53 bits per heavy atom. The van der Waals surface area contributed by atoms with Crippen LogP contribution in [0.3, 0.4) is 0 Å². The maximum atomic E-state index is 13.8. The van der Waals surface area contributed by atoms with Crippen molar-refractivity contribution in [2.45, 2.75) is 64.6 Å². The number of hydrogen-bond donors (Lipinski definition) is 1. The van der Waals surface area contributed by atoms with Crippen LogP contribution in [0.2, 0.25) is 0 Å². The zero-order chi connectivity index (χ0) is 26.9. The van der Waals surface area contributed by atoms with Crippen LogP contribution in [0.4, 0.5) is 4.39 Å². The number of nitrogens with one attached hydrogen (secondary N) is 1. The smallest absolute Gasteiger partial charge is 0.247 e. The van der Waals surface area contributed by atoms with E-state index in [0.717, 1.165) is 36.8 Å². The van der Waals surface area contributed by atoms with Crippen LogP contribution < -0.4 is 5.32 Å². The summed E-state index contributed by atoms with van der Waals surface area (Å²) < 4.78 is 19.2. The zero-order valence-corrected chi connectivity index (χ0v) is 22.0. The van der Waals surface area contributed by atoms with E-state index in [4.69, 9.17) is 4.74 Å². The number of aryl methyl sites for hydroxylation is 1. The molecule has 1 fully saturated rings. The van der Waals surface area contributed by atoms with E-state index in [2.05, 4.69) is 20.7 Å². The lowest BCUT2D eigenvalue weighted by atomic mass is 10.0. The Balaban J connectivity index is 1.58. The Kier molecular flexibility index (Phi) is 9.53. The molecule has 0 aliphatic heterocycles. The minimum absolute atomic E-state index is 0.0693. The van der Waals surface area contributed by atoms with Crippen molar-refractivity contribution in [2.75, 3.05) is 19.8 Å². The quantitative estimate of drug-likeness (QED) is 0.363. The van der Waals surface area contributed by atoms with Crippen molar-refractivity contribution in [1.29, 1.82) is 0 Å². The molecule has 9 nitrogen and oxygen atoms in total. The summed E-state index contributed by atoms with van der Waals surface area (Å²) >= 11 is 0. The Hall–Kier alpha value is -3.66. The van der Waals surface area contributed by atoms with E-state index in [1.165, 1.54) is 21.8 Å². The summed E-state index contributed by atoms with van der Waals surface area (Å²) in [7, 11) is 0. The molecule has 1 aliphatic carbocycles. The summed E-state index contributed by atoms with van der Waals surface area (Å²) in [6.07, 6.45) is 4.47. The van der Waals surface area contributed by atoms with Crippen LogP contribution in [0.15, 0.2) is 48.5 Å². The second-order valence-corrected chi connectivity index (χ2v) is 9.59. The van der Waals surface area contributed by atoms with E-state index < -0.39 is 11.9 Å². The molecule has 1 aromatic heterocycles. The molecule has 1 N–H and O–H groups in total. The van der Waals surface area contributed by atoms with Gasteiger partial charge >= 0.3 is 0 Å². The van der Waals surface area contributed by atoms with Gasteiger partial charge in [0.15, 0.2) is 0 Å². The lowest BCUT2D eigenvalue weighted by Gasteiger charge is -2.32. The minimum atomic E-state index is -0.926. The van der Waals surface area contributed by atoms with Crippen LogP contribution >= 0.6 is 0 Å². The first-order valence-corrected chi connectivity index (χ1v) is 13.2. The molecule has 4 rings (SSSR count). The van der Waals surface area contributed by atoms with Crippen molar-refractivity contribution < 1.29 is 18.7 Å². The topological polar surface area (TPSA) is 102 Å². The number of ether oxygens (including phenoxy) is 1. The Morgan fingerprint density at radius 2 is 1.84 bits per heavy atom. The summed E-state index contributed by atoms with van der Waals surface area (Å²) in [6, 6.07) is 12.6. The molecule has 0 radical (unpaired) electrons. The highest BCUT2D eigenvalue weighted by atomic mass is 19.1. The van der Waals surface area contributed by atoms with Crippen LogP contribution in [0, 0.1) is 12.7 Å². The lowest BCUT2D eigenvalue weighted by molar-refractivity contribution is -0.142. The highest BCUT2D eigenvalue weighted by molar-refractivity contribution is 5.89. The number of aromatic nitrogens is 4. The second kappa shape index (κ2) is 13.2. The summed E-state index contributed by atoms with van der Waals surface area (Å²) in [5, 5.41) is 15.7. The molecule has 2 aromatic carbocycles. The van der Waals surface area contributed by atoms with Gasteiger partial charge < -0.3 is 15.0 Å². The van der Waals surface area contributed by atoms with Crippen molar-refractivity contribution in [3.8, 4) is 11.4 Å². The number of nitrogens with zero attached hydrogens (tertiary/aromatic N) is 5. The first kappa shape index (κ1) is 27.4. The second-order valence-electron chi connectivity index (χ2n) is 9.59. The van der Waals surface area contributed by atoms with Gasteiger partial charge in [-0.05, 0) is 56.0 Å². The van der Waals surface area contributed by atoms with Gasteiger partial charge in [0.05, 0.1) is 0 Å². The van der Waals surface area contributed by atoms with Crippen LogP contribution in [0.1, 0.15) is 56.2 Å². The molecule has 202 valence electrons. The van der Waals surface area contributed by atoms with E-state index >= 15 is 0 Å². The molecule has 38 heavy (non-hydrogen) atoms. The van der Waals surface area contributed by atoms with Gasteiger partial charge in [-0.15, -0.1) is 10.2 Å². The number of rotatable bonds is 12. The molecular weight excluding hydrogens is 487 g/mol. The Morgan fingerprint density at radius 1 is 1.13 bits per heavy atom. The van der Waals surface area contributed by atoms with E-state index in [-0.39, 0.29) is 30.9 Å². The maximum Gasteiger partial charge on any atom is 0.247 e. The van der Waals surface area contributed by atoms with Crippen LogP contribution in [0.25, 0.3) is 11.4 Å². The number of tetrazole rings is 1. The van der Waals surface area contributed by atoms with Gasteiger partial charge in [0.2, 0.25) is 17.6 Å². The molecule has 1 aliphatic rings. The van der Waals surface area contributed by atoms with Crippen molar-refractivity contribution in [3.63, 3.8) is 0 Å². The fourth-order valence-corrected chi connectivity index (χ4v) is 4.69. The third-order valence-electron chi connectivity index (χ3n) is 6.70. The summed E-state index contributed by atoms with van der Waals surface area (Å²) in [6.45, 7) is 4.98. The number of benzene rings is 2. The highest BCUT2D eigenvalue weighted by Crippen LogP contribution is 2.25. The molecule has 3 aromatic rings. The third kappa shape index (κ3) is 7.22. The van der Waals surface area contributed by atoms with Gasteiger partial charge in [-0.2, -0.15) is 4.80 Å². The van der Waals surface area contributed by atoms with E-state index in [1.54, 1.807) is 12.1 Å². The van der Waals surface area contributed by atoms with Gasteiger partial charge in [0, 0.05) is 31.4 Å². The normalized spacial score (nSPS) is 14.4. The molecule has 0 unspecified atom stereocenters. The van der Waals surface area contributed by atoms with Crippen LogP contribution in [-0.2, 0) is 20.9 Å². The van der Waals surface area contributed by atoms with Gasteiger partial charge in [-0.25, -0.2) is 4.39 Å². The van der Waals surface area contributed by atoms with Crippen molar-refractivity contribution in [3.05, 3.63) is 65.5 Å². The van der Waals surface area contributed by atoms with Crippen molar-refractivity contribution in [1.82, 2.24) is 30.4 Å². The molecule has 1 atom stereocenters. The molecule has 0 spiro atoms. The predicted molar refractivity (Wildman–Crippen MR) is 140 cm³/mol. The molecule has 2 amide bonds. The largest absolute Gasteiger partial charge is 0.382 e. The van der Waals surface area contributed by atoms with E-state index in [0.29, 0.717) is 31.0 Å². The van der Waals surface area contributed by atoms with E-state index in [1.807, 2.05) is 38.1 Å². The Bertz CT molecular complexity index is 1190. The molecule has 0 bridgehead atoms. The fraction of sp³-hybridized carbons (Fsp3) is 0.464. The van der Waals surface area contributed by atoms with Gasteiger partial charge in [0.1, 0.15) is 18.4 Å². The van der Waals surface area contributed by atoms with Crippen molar-refractivity contribution in [2.24, 2.45) is 0 Å². The average Bonchev–Trinajstić information content (AvgIpc) is 3.59. The maximum absolute atomic E-state index is 13.8. The van der Waals surface area contributed by atoms with Crippen molar-refractivity contribution >= 4 is 11.8 Å².